The number of fused-ring (bicyclic) bond motifs is 9. The smallest absolute Gasteiger partial charge is 0.145 e. The standard InChI is InChI=1S/C56H36N2O/c1-3-13-37(14-4-1)38-23-25-40(26-24-38)46-32-34-53(55-48-20-10-12-22-54(48)59-56(46)55)57(43-30-29-41-28-27-39-15-7-8-18-45(39)49(41)35-43)44-31-33-52-50(36-44)47-19-9-11-21-51(47)58(52)42-16-5-2-6-17-42/h1-36H. The molecule has 0 fully saturated rings. The van der Waals surface area contributed by atoms with Crippen LogP contribution in [0, 0.1) is 0 Å². The molecule has 0 radical (unpaired) electrons. The second kappa shape index (κ2) is 13.4. The number of nitrogens with zero attached hydrogens (tertiary/aromatic N) is 2. The van der Waals surface area contributed by atoms with Gasteiger partial charge in [0, 0.05) is 38.8 Å². The van der Waals surface area contributed by atoms with Crippen molar-refractivity contribution in [2.45, 2.75) is 0 Å². The van der Waals surface area contributed by atoms with Crippen molar-refractivity contribution >= 4 is 82.4 Å². The number of hydrogen-bond donors (Lipinski definition) is 0. The molecule has 12 aromatic rings. The number of furan rings is 1. The Morgan fingerprint density at radius 1 is 0.373 bits per heavy atom. The van der Waals surface area contributed by atoms with Crippen LogP contribution in [0.3, 0.4) is 0 Å². The van der Waals surface area contributed by atoms with E-state index in [2.05, 4.69) is 228 Å². The molecule has 0 saturated carbocycles. The van der Waals surface area contributed by atoms with Crippen LogP contribution in [-0.2, 0) is 0 Å². The van der Waals surface area contributed by atoms with Crippen LogP contribution in [0.25, 0.3) is 93.2 Å². The first-order valence-electron chi connectivity index (χ1n) is 20.2. The van der Waals surface area contributed by atoms with E-state index < -0.39 is 0 Å². The minimum atomic E-state index is 0.864. The molecule has 0 aliphatic heterocycles. The summed E-state index contributed by atoms with van der Waals surface area (Å²) in [5.74, 6) is 0. The maximum atomic E-state index is 6.89. The molecule has 0 spiro atoms. The van der Waals surface area contributed by atoms with Crippen LogP contribution in [0.5, 0.6) is 0 Å². The van der Waals surface area contributed by atoms with Crippen LogP contribution in [-0.4, -0.2) is 4.57 Å². The lowest BCUT2D eigenvalue weighted by Crippen LogP contribution is -2.10. The van der Waals surface area contributed by atoms with Crippen molar-refractivity contribution in [3.8, 4) is 27.9 Å². The first kappa shape index (κ1) is 33.3. The maximum absolute atomic E-state index is 6.89. The van der Waals surface area contributed by atoms with E-state index in [9.17, 15) is 0 Å². The summed E-state index contributed by atoms with van der Waals surface area (Å²) in [6, 6.07) is 78.7. The topological polar surface area (TPSA) is 21.3 Å². The molecule has 12 rings (SSSR count). The van der Waals surface area contributed by atoms with Crippen molar-refractivity contribution < 1.29 is 4.42 Å². The third-order valence-electron chi connectivity index (χ3n) is 12.0. The van der Waals surface area contributed by atoms with Crippen LogP contribution >= 0.6 is 0 Å². The fraction of sp³-hybridized carbons (Fsp3) is 0. The molecule has 0 saturated heterocycles. The highest BCUT2D eigenvalue weighted by Gasteiger charge is 2.24. The van der Waals surface area contributed by atoms with Gasteiger partial charge in [-0.25, -0.2) is 0 Å². The zero-order valence-electron chi connectivity index (χ0n) is 32.1. The number of para-hydroxylation sites is 3. The molecule has 0 aliphatic rings. The van der Waals surface area contributed by atoms with Crippen molar-refractivity contribution in [3.63, 3.8) is 0 Å². The lowest BCUT2D eigenvalue weighted by atomic mass is 9.97. The largest absolute Gasteiger partial charge is 0.455 e. The van der Waals surface area contributed by atoms with Crippen molar-refractivity contribution in [1.29, 1.82) is 0 Å². The third kappa shape index (κ3) is 5.36. The van der Waals surface area contributed by atoms with E-state index in [1.807, 2.05) is 0 Å². The van der Waals surface area contributed by atoms with E-state index in [4.69, 9.17) is 4.42 Å². The summed E-state index contributed by atoms with van der Waals surface area (Å²) in [7, 11) is 0. The van der Waals surface area contributed by atoms with Gasteiger partial charge >= 0.3 is 0 Å². The van der Waals surface area contributed by atoms with Gasteiger partial charge in [-0.05, 0) is 105 Å². The van der Waals surface area contributed by atoms with E-state index >= 15 is 0 Å². The summed E-state index contributed by atoms with van der Waals surface area (Å²) < 4.78 is 9.27. The molecule has 0 aliphatic carbocycles. The molecule has 0 amide bonds. The lowest BCUT2D eigenvalue weighted by molar-refractivity contribution is 0.670. The van der Waals surface area contributed by atoms with Crippen LogP contribution < -0.4 is 4.90 Å². The fourth-order valence-corrected chi connectivity index (χ4v) is 9.21. The Hall–Kier alpha value is -7.88. The lowest BCUT2D eigenvalue weighted by Gasteiger charge is -2.27. The zero-order chi connectivity index (χ0) is 38.9. The van der Waals surface area contributed by atoms with E-state index in [0.717, 1.165) is 55.8 Å². The summed E-state index contributed by atoms with van der Waals surface area (Å²) in [4.78, 5) is 2.43. The van der Waals surface area contributed by atoms with Gasteiger partial charge in [-0.2, -0.15) is 0 Å². The van der Waals surface area contributed by atoms with Gasteiger partial charge in [0.15, 0.2) is 0 Å². The highest BCUT2D eigenvalue weighted by molar-refractivity contribution is 6.18. The molecule has 3 nitrogen and oxygen atoms in total. The van der Waals surface area contributed by atoms with Gasteiger partial charge in [0.25, 0.3) is 0 Å². The monoisotopic (exact) mass is 752 g/mol. The summed E-state index contributed by atoms with van der Waals surface area (Å²) in [6.07, 6.45) is 0. The number of rotatable bonds is 6. The molecule has 3 heteroatoms. The molecular formula is C56H36N2O. The van der Waals surface area contributed by atoms with Crippen molar-refractivity contribution in [3.05, 3.63) is 218 Å². The number of anilines is 3. The Kier molecular flexibility index (Phi) is 7.54. The van der Waals surface area contributed by atoms with E-state index in [1.165, 1.54) is 54.5 Å². The van der Waals surface area contributed by atoms with Crippen molar-refractivity contribution in [1.82, 2.24) is 4.57 Å². The van der Waals surface area contributed by atoms with Crippen LogP contribution in [0.15, 0.2) is 223 Å². The molecule has 2 aromatic heterocycles. The number of aromatic nitrogens is 1. The SMILES string of the molecule is c1ccc(-c2ccc(-c3ccc(N(c4ccc5ccc6ccccc6c5c4)c4ccc5c(c4)c4ccccc4n5-c4ccccc4)c4c3oc3ccccc34)cc2)cc1. The molecule has 59 heavy (non-hydrogen) atoms. The predicted octanol–water partition coefficient (Wildman–Crippen LogP) is 15.8. The fourth-order valence-electron chi connectivity index (χ4n) is 9.21. The zero-order valence-corrected chi connectivity index (χ0v) is 32.1. The first-order chi connectivity index (χ1) is 29.3. The third-order valence-corrected chi connectivity index (χ3v) is 12.0. The minimum Gasteiger partial charge on any atom is -0.455 e. The van der Waals surface area contributed by atoms with Crippen molar-refractivity contribution in [2.24, 2.45) is 0 Å². The predicted molar refractivity (Wildman–Crippen MR) is 249 cm³/mol. The van der Waals surface area contributed by atoms with Crippen LogP contribution in [0.2, 0.25) is 0 Å². The summed E-state index contributed by atoms with van der Waals surface area (Å²) in [5, 5.41) is 9.46. The van der Waals surface area contributed by atoms with Crippen LogP contribution in [0.1, 0.15) is 0 Å². The molecule has 0 N–H and O–H groups in total. The van der Waals surface area contributed by atoms with Gasteiger partial charge in [0.05, 0.1) is 22.1 Å². The highest BCUT2D eigenvalue weighted by Crippen LogP contribution is 2.48. The number of benzene rings is 10. The Morgan fingerprint density at radius 2 is 0.949 bits per heavy atom. The summed E-state index contributed by atoms with van der Waals surface area (Å²) in [5.41, 5.74) is 13.0. The van der Waals surface area contributed by atoms with E-state index in [1.54, 1.807) is 0 Å². The molecule has 276 valence electrons. The Bertz CT molecular complexity index is 3540. The van der Waals surface area contributed by atoms with Gasteiger partial charge in [-0.15, -0.1) is 0 Å². The average molecular weight is 753 g/mol. The summed E-state index contributed by atoms with van der Waals surface area (Å²) >= 11 is 0. The minimum absolute atomic E-state index is 0.864. The molecule has 0 atom stereocenters. The molecule has 0 bridgehead atoms. The normalized spacial score (nSPS) is 11.7. The second-order valence-corrected chi connectivity index (χ2v) is 15.3. The highest BCUT2D eigenvalue weighted by atomic mass is 16.3. The Morgan fingerprint density at radius 3 is 1.76 bits per heavy atom. The van der Waals surface area contributed by atoms with Gasteiger partial charge in [0.1, 0.15) is 11.2 Å². The molecule has 0 unspecified atom stereocenters. The first-order valence-corrected chi connectivity index (χ1v) is 20.2. The molecule has 10 aromatic carbocycles. The van der Waals surface area contributed by atoms with E-state index in [0.29, 0.717) is 0 Å². The molecule has 2 heterocycles. The van der Waals surface area contributed by atoms with Gasteiger partial charge < -0.3 is 13.9 Å². The van der Waals surface area contributed by atoms with Crippen LogP contribution in [0.4, 0.5) is 17.1 Å². The van der Waals surface area contributed by atoms with Gasteiger partial charge in [-0.1, -0.05) is 152 Å². The van der Waals surface area contributed by atoms with E-state index in [-0.39, 0.29) is 0 Å². The summed E-state index contributed by atoms with van der Waals surface area (Å²) in [6.45, 7) is 0. The maximum Gasteiger partial charge on any atom is 0.145 e. The number of hydrogen-bond acceptors (Lipinski definition) is 2. The van der Waals surface area contributed by atoms with Gasteiger partial charge in [0.2, 0.25) is 0 Å². The Balaban J connectivity index is 1.13. The average Bonchev–Trinajstić information content (AvgIpc) is 3.86. The quantitative estimate of drug-likeness (QED) is 0.158. The Labute approximate surface area is 341 Å². The van der Waals surface area contributed by atoms with Crippen molar-refractivity contribution in [2.75, 3.05) is 4.90 Å². The second-order valence-electron chi connectivity index (χ2n) is 15.3. The van der Waals surface area contributed by atoms with Gasteiger partial charge in [-0.3, -0.25) is 0 Å². The molecular weight excluding hydrogens is 717 g/mol.